The van der Waals surface area contributed by atoms with Gasteiger partial charge >= 0.3 is 0 Å². The van der Waals surface area contributed by atoms with Crippen molar-refractivity contribution in [1.29, 1.82) is 0 Å². The van der Waals surface area contributed by atoms with Gasteiger partial charge in [-0.3, -0.25) is 0 Å². The van der Waals surface area contributed by atoms with Crippen LogP contribution < -0.4 is 0 Å². The molecule has 4 heterocycles. The molecule has 0 unspecified atom stereocenters. The molecule has 0 spiro atoms. The van der Waals surface area contributed by atoms with Crippen LogP contribution in [0.3, 0.4) is 0 Å². The summed E-state index contributed by atoms with van der Waals surface area (Å²) in [6.07, 6.45) is 0. The second-order valence-electron chi connectivity index (χ2n) is 13.6. The Hall–Kier alpha value is -7.83. The zero-order valence-electron chi connectivity index (χ0n) is 40.6. The molecule has 0 aliphatic carbocycles. The van der Waals surface area contributed by atoms with Crippen LogP contribution in [0.2, 0.25) is 0 Å². The first-order valence-corrected chi connectivity index (χ1v) is 18.1. The average Bonchev–Trinajstić information content (AvgIpc) is 4.04. The van der Waals surface area contributed by atoms with Crippen molar-refractivity contribution in [3.05, 3.63) is 182 Å². The lowest BCUT2D eigenvalue weighted by Gasteiger charge is -2.09. The van der Waals surface area contributed by atoms with Crippen LogP contribution in [0.4, 0.5) is 0 Å². The van der Waals surface area contributed by atoms with E-state index in [9.17, 15) is 2.74 Å². The maximum atomic E-state index is 9.63. The maximum Gasteiger partial charge on any atom is 0.164 e. The van der Waals surface area contributed by atoms with E-state index < -0.39 is 48.3 Å². The SMILES string of the molecule is [2H]c1cc2c(c([2H])c1[2H])c1c([2H])c([2H])c([2H])c([2H])c1n2-c1ccc2c(oc3c([2H])c([2H])c([2H])c(-c4nc(-c5ccccc5)nc(-c5ccc6c(c5)oc5ccc(-c7ccccc7)cc56)n4)c32)c1[2H]. The molecular formula is C51H30N4O2. The summed E-state index contributed by atoms with van der Waals surface area (Å²) in [4.78, 5) is 14.7. The van der Waals surface area contributed by atoms with Gasteiger partial charge in [-0.25, -0.2) is 15.0 Å². The Morgan fingerprint density at radius 1 is 0.421 bits per heavy atom. The summed E-state index contributed by atoms with van der Waals surface area (Å²) >= 11 is 0. The van der Waals surface area contributed by atoms with Gasteiger partial charge in [0.2, 0.25) is 0 Å². The number of aromatic nitrogens is 4. The molecule has 0 saturated carbocycles. The first-order chi connectivity index (χ1) is 32.8. The Morgan fingerprint density at radius 2 is 1.12 bits per heavy atom. The molecule has 0 fully saturated rings. The summed E-state index contributed by atoms with van der Waals surface area (Å²) in [6, 6.07) is 30.7. The maximum absolute atomic E-state index is 9.63. The smallest absolute Gasteiger partial charge is 0.164 e. The fourth-order valence-corrected chi connectivity index (χ4v) is 7.65. The molecule has 4 aromatic heterocycles. The first-order valence-electron chi connectivity index (χ1n) is 23.6. The van der Waals surface area contributed by atoms with Crippen molar-refractivity contribution in [3.63, 3.8) is 0 Å². The molecule has 12 rings (SSSR count). The molecule has 0 radical (unpaired) electrons. The highest BCUT2D eigenvalue weighted by Crippen LogP contribution is 2.40. The van der Waals surface area contributed by atoms with Gasteiger partial charge < -0.3 is 13.4 Å². The van der Waals surface area contributed by atoms with Crippen LogP contribution in [0.25, 0.3) is 117 Å². The van der Waals surface area contributed by atoms with Crippen molar-refractivity contribution >= 4 is 65.7 Å². The van der Waals surface area contributed by atoms with E-state index in [1.807, 2.05) is 78.9 Å². The van der Waals surface area contributed by atoms with Crippen LogP contribution in [0.5, 0.6) is 0 Å². The standard InChI is InChI=1S/C51H30N4O2/c1-3-12-31(13-4-1)33-23-27-44-41(28-33)38-25-22-34(29-46(38)56-44)50-52-49(32-14-5-2-6-15-32)53-51(54-50)40-18-11-21-45-48(40)39-26-24-35(30-47(39)57-45)55-42-19-9-7-16-36(42)37-17-8-10-20-43(37)55/h1-30H/i7D,8D,9D,10D,11D,16D,17D,18D,19D,21D,30D. The van der Waals surface area contributed by atoms with E-state index >= 15 is 0 Å². The lowest BCUT2D eigenvalue weighted by Crippen LogP contribution is -2.00. The molecule has 57 heavy (non-hydrogen) atoms. The lowest BCUT2D eigenvalue weighted by atomic mass is 10.0. The van der Waals surface area contributed by atoms with Crippen LogP contribution in [0.1, 0.15) is 15.1 Å². The Bertz CT molecular complexity index is 4170. The molecule has 8 aromatic carbocycles. The quantitative estimate of drug-likeness (QED) is 0.176. The van der Waals surface area contributed by atoms with Crippen LogP contribution in [0.15, 0.2) is 191 Å². The van der Waals surface area contributed by atoms with Crippen LogP contribution in [-0.2, 0) is 0 Å². The number of nitrogens with zero attached hydrogens (tertiary/aromatic N) is 4. The summed E-state index contributed by atoms with van der Waals surface area (Å²) in [5.41, 5.74) is 4.58. The fraction of sp³-hybridized carbons (Fsp3) is 0. The fourth-order valence-electron chi connectivity index (χ4n) is 7.65. The highest BCUT2D eigenvalue weighted by molar-refractivity contribution is 6.13. The monoisotopic (exact) mass is 741 g/mol. The van der Waals surface area contributed by atoms with Crippen molar-refractivity contribution in [1.82, 2.24) is 19.5 Å². The molecule has 0 aliphatic heterocycles. The van der Waals surface area contributed by atoms with Crippen LogP contribution in [-0.4, -0.2) is 19.5 Å². The van der Waals surface area contributed by atoms with E-state index in [-0.39, 0.29) is 90.6 Å². The average molecular weight is 742 g/mol. The largest absolute Gasteiger partial charge is 0.456 e. The number of hydrogen-bond acceptors (Lipinski definition) is 5. The highest BCUT2D eigenvalue weighted by atomic mass is 16.3. The summed E-state index contributed by atoms with van der Waals surface area (Å²) in [5, 5.41) is 2.25. The molecule has 6 nitrogen and oxygen atoms in total. The van der Waals surface area contributed by atoms with Gasteiger partial charge in [0.1, 0.15) is 22.3 Å². The van der Waals surface area contributed by atoms with Crippen molar-refractivity contribution in [2.45, 2.75) is 0 Å². The van der Waals surface area contributed by atoms with E-state index in [1.165, 1.54) is 16.7 Å². The molecule has 6 heteroatoms. The minimum Gasteiger partial charge on any atom is -0.456 e. The Labute approximate surface area is 341 Å². The summed E-state index contributed by atoms with van der Waals surface area (Å²) in [6.45, 7) is 0. The Morgan fingerprint density at radius 3 is 1.98 bits per heavy atom. The number of rotatable bonds is 5. The van der Waals surface area contributed by atoms with Crippen molar-refractivity contribution in [2.24, 2.45) is 0 Å². The minimum absolute atomic E-state index is 0.00316. The molecule has 12 aromatic rings. The van der Waals surface area contributed by atoms with Gasteiger partial charge in [0.15, 0.2) is 17.5 Å². The Kier molecular flexibility index (Phi) is 4.88. The Balaban J connectivity index is 1.09. The minimum atomic E-state index is -0.553. The van der Waals surface area contributed by atoms with Gasteiger partial charge in [0.25, 0.3) is 0 Å². The second-order valence-corrected chi connectivity index (χ2v) is 13.6. The summed E-state index contributed by atoms with van der Waals surface area (Å²) in [5.74, 6) is 0.506. The number of furan rings is 2. The van der Waals surface area contributed by atoms with E-state index in [0.29, 0.717) is 22.3 Å². The molecule has 266 valence electrons. The topological polar surface area (TPSA) is 69.9 Å². The van der Waals surface area contributed by atoms with Gasteiger partial charge in [0.05, 0.1) is 26.1 Å². The predicted octanol–water partition coefficient (Wildman–Crippen LogP) is 13.4. The normalized spacial score (nSPS) is 14.6. The molecule has 0 bridgehead atoms. The van der Waals surface area contributed by atoms with E-state index in [2.05, 4.69) is 18.2 Å². The van der Waals surface area contributed by atoms with E-state index in [1.54, 1.807) is 6.07 Å². The van der Waals surface area contributed by atoms with Gasteiger partial charge in [-0.05, 0) is 65.7 Å². The van der Waals surface area contributed by atoms with Gasteiger partial charge in [-0.1, -0.05) is 121 Å². The third kappa shape index (κ3) is 5.01. The van der Waals surface area contributed by atoms with E-state index in [0.717, 1.165) is 21.9 Å². The summed E-state index contributed by atoms with van der Waals surface area (Å²) in [7, 11) is 0. The third-order valence-corrected chi connectivity index (χ3v) is 10.3. The number of fused-ring (bicyclic) bond motifs is 9. The number of hydrogen-bond donors (Lipinski definition) is 0. The van der Waals surface area contributed by atoms with Crippen LogP contribution in [0, 0.1) is 0 Å². The second kappa shape index (κ2) is 12.3. The van der Waals surface area contributed by atoms with E-state index in [4.69, 9.17) is 36.1 Å². The third-order valence-electron chi connectivity index (χ3n) is 10.3. The molecule has 0 N–H and O–H groups in total. The molecular weight excluding hydrogens is 701 g/mol. The van der Waals surface area contributed by atoms with Crippen molar-refractivity contribution < 1.29 is 23.9 Å². The zero-order chi connectivity index (χ0) is 47.0. The first kappa shape index (κ1) is 22.5. The van der Waals surface area contributed by atoms with Crippen LogP contribution >= 0.6 is 0 Å². The number of benzene rings is 8. The molecule has 0 aliphatic rings. The van der Waals surface area contributed by atoms with Gasteiger partial charge in [-0.2, -0.15) is 0 Å². The molecule has 0 atom stereocenters. The molecule has 0 saturated heterocycles. The molecule has 0 amide bonds. The van der Waals surface area contributed by atoms with Gasteiger partial charge in [-0.15, -0.1) is 0 Å². The zero-order valence-corrected chi connectivity index (χ0v) is 29.6. The predicted molar refractivity (Wildman–Crippen MR) is 230 cm³/mol. The number of para-hydroxylation sites is 2. The van der Waals surface area contributed by atoms with Crippen molar-refractivity contribution in [3.8, 4) is 51.0 Å². The van der Waals surface area contributed by atoms with Gasteiger partial charge in [0, 0.05) is 60.7 Å². The highest BCUT2D eigenvalue weighted by Gasteiger charge is 2.20. The lowest BCUT2D eigenvalue weighted by molar-refractivity contribution is 0.668. The summed E-state index contributed by atoms with van der Waals surface area (Å²) < 4.78 is 112. The van der Waals surface area contributed by atoms with Crippen molar-refractivity contribution in [2.75, 3.05) is 0 Å².